The van der Waals surface area contributed by atoms with E-state index in [4.69, 9.17) is 4.52 Å². The van der Waals surface area contributed by atoms with Gasteiger partial charge in [0.1, 0.15) is 11.6 Å². The molecule has 0 N–H and O–H groups in total. The van der Waals surface area contributed by atoms with Crippen molar-refractivity contribution in [3.05, 3.63) is 52.7 Å². The van der Waals surface area contributed by atoms with Crippen LogP contribution in [0.4, 0.5) is 4.39 Å². The zero-order chi connectivity index (χ0) is 17.8. The molecule has 0 spiro atoms. The topological polar surface area (TPSA) is 46.3 Å². The molecule has 134 valence electrons. The van der Waals surface area contributed by atoms with E-state index in [0.29, 0.717) is 19.4 Å². The molecule has 1 amide bonds. The summed E-state index contributed by atoms with van der Waals surface area (Å²) in [7, 11) is 0. The Labute approximate surface area is 148 Å². The number of halogens is 1. The van der Waals surface area contributed by atoms with Crippen LogP contribution in [-0.2, 0) is 11.2 Å². The van der Waals surface area contributed by atoms with Crippen molar-refractivity contribution in [2.75, 3.05) is 13.1 Å². The van der Waals surface area contributed by atoms with Gasteiger partial charge in [-0.2, -0.15) is 0 Å². The van der Waals surface area contributed by atoms with Crippen molar-refractivity contribution < 1.29 is 13.7 Å². The molecule has 5 heteroatoms. The van der Waals surface area contributed by atoms with E-state index in [1.54, 1.807) is 0 Å². The van der Waals surface area contributed by atoms with Crippen molar-refractivity contribution in [3.63, 3.8) is 0 Å². The largest absolute Gasteiger partial charge is 0.361 e. The minimum absolute atomic E-state index is 0.175. The summed E-state index contributed by atoms with van der Waals surface area (Å²) in [5.41, 5.74) is 3.02. The molecule has 0 radical (unpaired) electrons. The third kappa shape index (κ3) is 4.27. The van der Waals surface area contributed by atoms with Crippen LogP contribution in [0, 0.1) is 19.7 Å². The maximum atomic E-state index is 13.2. The highest BCUT2D eigenvalue weighted by Crippen LogP contribution is 2.27. The molecule has 0 bridgehead atoms. The van der Waals surface area contributed by atoms with Gasteiger partial charge in [-0.15, -0.1) is 0 Å². The van der Waals surface area contributed by atoms with E-state index < -0.39 is 0 Å². The minimum Gasteiger partial charge on any atom is -0.361 e. The van der Waals surface area contributed by atoms with Crippen molar-refractivity contribution in [3.8, 4) is 0 Å². The van der Waals surface area contributed by atoms with Gasteiger partial charge in [-0.3, -0.25) is 4.79 Å². The summed E-state index contributed by atoms with van der Waals surface area (Å²) in [6.45, 7) is 5.31. The Balaban J connectivity index is 1.64. The van der Waals surface area contributed by atoms with Crippen LogP contribution in [-0.4, -0.2) is 29.1 Å². The van der Waals surface area contributed by atoms with E-state index >= 15 is 0 Å². The Hall–Kier alpha value is -2.17. The lowest BCUT2D eigenvalue weighted by Crippen LogP contribution is -2.34. The predicted molar refractivity (Wildman–Crippen MR) is 93.9 cm³/mol. The smallest absolute Gasteiger partial charge is 0.222 e. The molecule has 1 aliphatic heterocycles. The number of benzene rings is 1. The number of nitrogens with zero attached hydrogens (tertiary/aromatic N) is 2. The number of rotatable bonds is 4. The summed E-state index contributed by atoms with van der Waals surface area (Å²) in [5, 5.41) is 3.95. The monoisotopic (exact) mass is 344 g/mol. The van der Waals surface area contributed by atoms with Crippen molar-refractivity contribution >= 4 is 5.91 Å². The van der Waals surface area contributed by atoms with Gasteiger partial charge in [-0.05, 0) is 50.8 Å². The highest BCUT2D eigenvalue weighted by molar-refractivity contribution is 5.76. The molecule has 1 saturated heterocycles. The average molecular weight is 344 g/mol. The zero-order valence-corrected chi connectivity index (χ0v) is 14.9. The summed E-state index contributed by atoms with van der Waals surface area (Å²) < 4.78 is 18.3. The lowest BCUT2D eigenvalue weighted by atomic mass is 9.94. The van der Waals surface area contributed by atoms with Gasteiger partial charge in [0.05, 0.1) is 5.69 Å². The number of hydrogen-bond acceptors (Lipinski definition) is 3. The number of hydrogen-bond donors (Lipinski definition) is 0. The summed E-state index contributed by atoms with van der Waals surface area (Å²) in [6, 6.07) is 6.70. The molecule has 3 rings (SSSR count). The van der Waals surface area contributed by atoms with E-state index in [9.17, 15) is 9.18 Å². The zero-order valence-electron chi connectivity index (χ0n) is 14.9. The quantitative estimate of drug-likeness (QED) is 0.837. The molecule has 0 aliphatic carbocycles. The third-order valence-electron chi connectivity index (χ3n) is 5.14. The van der Waals surface area contributed by atoms with Crippen LogP contribution in [0.25, 0.3) is 0 Å². The number of carbonyl (C=O) groups excluding carboxylic acids is 1. The fraction of sp³-hybridized carbons (Fsp3) is 0.500. The summed E-state index contributed by atoms with van der Waals surface area (Å²) in [4.78, 5) is 14.7. The molecular formula is C20H25FN2O2. The Bertz CT molecular complexity index is 704. The Morgan fingerprint density at radius 1 is 1.28 bits per heavy atom. The van der Waals surface area contributed by atoms with Gasteiger partial charge in [-0.25, -0.2) is 4.39 Å². The summed E-state index contributed by atoms with van der Waals surface area (Å²) in [6.07, 6.45) is 4.29. The van der Waals surface area contributed by atoms with Crippen molar-refractivity contribution in [1.29, 1.82) is 0 Å². The Morgan fingerprint density at radius 3 is 2.72 bits per heavy atom. The predicted octanol–water partition coefficient (Wildman–Crippen LogP) is 4.16. The summed E-state index contributed by atoms with van der Waals surface area (Å²) in [5.74, 6) is 1.04. The van der Waals surface area contributed by atoms with Gasteiger partial charge in [0.2, 0.25) is 5.91 Å². The number of aryl methyl sites for hydroxylation is 2. The standard InChI is InChI=1S/C20H25FN2O2/c1-14-19(15(2)25-22-14)10-11-20(24)23-12-4-3-5-17(13-23)16-6-8-18(21)9-7-16/h6-9,17H,3-5,10-13H2,1-2H3. The first-order chi connectivity index (χ1) is 12.0. The number of aromatic nitrogens is 1. The van der Waals surface area contributed by atoms with Crippen LogP contribution in [0.2, 0.25) is 0 Å². The second-order valence-corrected chi connectivity index (χ2v) is 6.89. The molecule has 1 aromatic carbocycles. The molecule has 2 aromatic rings. The van der Waals surface area contributed by atoms with Gasteiger partial charge >= 0.3 is 0 Å². The van der Waals surface area contributed by atoms with Gasteiger partial charge < -0.3 is 9.42 Å². The number of likely N-dealkylation sites (tertiary alicyclic amines) is 1. The van der Waals surface area contributed by atoms with Gasteiger partial charge in [-0.1, -0.05) is 23.7 Å². The van der Waals surface area contributed by atoms with Crippen molar-refractivity contribution in [2.24, 2.45) is 0 Å². The van der Waals surface area contributed by atoms with Crippen LogP contribution in [0.3, 0.4) is 0 Å². The van der Waals surface area contributed by atoms with E-state index in [1.807, 2.05) is 30.9 Å². The highest BCUT2D eigenvalue weighted by Gasteiger charge is 2.23. The molecule has 1 aliphatic rings. The SMILES string of the molecule is Cc1noc(C)c1CCC(=O)N1CCCCC(c2ccc(F)cc2)C1. The third-order valence-corrected chi connectivity index (χ3v) is 5.14. The first kappa shape index (κ1) is 17.6. The summed E-state index contributed by atoms with van der Waals surface area (Å²) >= 11 is 0. The van der Waals surface area contributed by atoms with Crippen LogP contribution in [0.5, 0.6) is 0 Å². The van der Waals surface area contributed by atoms with Crippen LogP contribution < -0.4 is 0 Å². The molecule has 1 atom stereocenters. The van der Waals surface area contributed by atoms with Crippen molar-refractivity contribution in [2.45, 2.75) is 51.9 Å². The van der Waals surface area contributed by atoms with Crippen LogP contribution in [0.15, 0.2) is 28.8 Å². The van der Waals surface area contributed by atoms with Crippen LogP contribution in [0.1, 0.15) is 54.2 Å². The molecule has 1 fully saturated rings. The fourth-order valence-electron chi connectivity index (χ4n) is 3.62. The molecule has 25 heavy (non-hydrogen) atoms. The fourth-order valence-corrected chi connectivity index (χ4v) is 3.62. The minimum atomic E-state index is -0.218. The lowest BCUT2D eigenvalue weighted by molar-refractivity contribution is -0.131. The van der Waals surface area contributed by atoms with E-state index in [1.165, 1.54) is 12.1 Å². The first-order valence-corrected chi connectivity index (χ1v) is 8.99. The van der Waals surface area contributed by atoms with E-state index in [-0.39, 0.29) is 17.6 Å². The highest BCUT2D eigenvalue weighted by atomic mass is 19.1. The normalized spacial score (nSPS) is 18.2. The molecule has 2 heterocycles. The lowest BCUT2D eigenvalue weighted by Gasteiger charge is -2.25. The second-order valence-electron chi connectivity index (χ2n) is 6.89. The molecular weight excluding hydrogens is 319 g/mol. The molecule has 1 unspecified atom stereocenters. The number of carbonyl (C=O) groups is 1. The van der Waals surface area contributed by atoms with Crippen molar-refractivity contribution in [1.82, 2.24) is 10.1 Å². The van der Waals surface area contributed by atoms with Crippen LogP contribution >= 0.6 is 0 Å². The number of amides is 1. The Morgan fingerprint density at radius 2 is 2.04 bits per heavy atom. The maximum absolute atomic E-state index is 13.2. The van der Waals surface area contributed by atoms with Gasteiger partial charge in [0, 0.05) is 31.0 Å². The van der Waals surface area contributed by atoms with Gasteiger partial charge in [0.25, 0.3) is 0 Å². The van der Waals surface area contributed by atoms with E-state index in [2.05, 4.69) is 5.16 Å². The second kappa shape index (κ2) is 7.81. The van der Waals surface area contributed by atoms with Gasteiger partial charge in [0.15, 0.2) is 0 Å². The molecule has 4 nitrogen and oxygen atoms in total. The van der Waals surface area contributed by atoms with E-state index in [0.717, 1.165) is 48.4 Å². The molecule has 0 saturated carbocycles. The maximum Gasteiger partial charge on any atom is 0.222 e. The average Bonchev–Trinajstić information content (AvgIpc) is 2.80. The Kier molecular flexibility index (Phi) is 5.51. The molecule has 1 aromatic heterocycles. The first-order valence-electron chi connectivity index (χ1n) is 8.99.